The summed E-state index contributed by atoms with van der Waals surface area (Å²) < 4.78 is 0. The van der Waals surface area contributed by atoms with Gasteiger partial charge in [-0.1, -0.05) is 6.07 Å². The fourth-order valence-electron chi connectivity index (χ4n) is 2.21. The Morgan fingerprint density at radius 2 is 2.44 bits per heavy atom. The number of nitrogens with zero attached hydrogens (tertiary/aromatic N) is 3. The Morgan fingerprint density at radius 1 is 1.61 bits per heavy atom. The number of aromatic nitrogens is 1. The number of hydrogen-bond donors (Lipinski definition) is 1. The summed E-state index contributed by atoms with van der Waals surface area (Å²) in [5.41, 5.74) is 0.919. The highest BCUT2D eigenvalue weighted by Gasteiger charge is 2.32. The lowest BCUT2D eigenvalue weighted by Crippen LogP contribution is -2.58. The van der Waals surface area contributed by atoms with E-state index in [1.54, 1.807) is 6.20 Å². The van der Waals surface area contributed by atoms with Gasteiger partial charge in [-0.2, -0.15) is 5.26 Å². The van der Waals surface area contributed by atoms with Gasteiger partial charge in [0.25, 0.3) is 0 Å². The summed E-state index contributed by atoms with van der Waals surface area (Å²) >= 11 is 0. The van der Waals surface area contributed by atoms with E-state index in [0.717, 1.165) is 12.2 Å². The summed E-state index contributed by atoms with van der Waals surface area (Å²) in [5.74, 6) is -0.0637. The summed E-state index contributed by atoms with van der Waals surface area (Å²) in [6, 6.07) is 7.54. The van der Waals surface area contributed by atoms with E-state index in [1.807, 2.05) is 30.0 Å². The van der Waals surface area contributed by atoms with Crippen LogP contribution in [-0.2, 0) is 11.3 Å². The molecule has 1 aromatic heterocycles. The molecule has 1 aliphatic rings. The first kappa shape index (κ1) is 12.5. The highest BCUT2D eigenvalue weighted by atomic mass is 16.2. The van der Waals surface area contributed by atoms with Crippen LogP contribution in [0.4, 0.5) is 0 Å². The molecule has 0 bridgehead atoms. The number of nitrogens with one attached hydrogen (secondary N) is 1. The molecule has 0 spiro atoms. The van der Waals surface area contributed by atoms with E-state index >= 15 is 0 Å². The SMILES string of the molecule is CC1CN(Cc2ccccn2)C(CC#N)C(=O)N1. The third kappa shape index (κ3) is 2.84. The zero-order valence-corrected chi connectivity index (χ0v) is 10.3. The number of pyridine rings is 1. The summed E-state index contributed by atoms with van der Waals surface area (Å²) in [6.45, 7) is 3.31. The van der Waals surface area contributed by atoms with E-state index < -0.39 is 0 Å². The average molecular weight is 244 g/mol. The molecule has 1 saturated heterocycles. The number of amides is 1. The predicted octanol–water partition coefficient (Wildman–Crippen LogP) is 0.684. The van der Waals surface area contributed by atoms with Crippen LogP contribution in [0.3, 0.4) is 0 Å². The van der Waals surface area contributed by atoms with Crippen molar-refractivity contribution in [3.8, 4) is 6.07 Å². The summed E-state index contributed by atoms with van der Waals surface area (Å²) in [7, 11) is 0. The van der Waals surface area contributed by atoms with Crippen LogP contribution < -0.4 is 5.32 Å². The molecule has 5 heteroatoms. The second kappa shape index (κ2) is 5.61. The Bertz CT molecular complexity index is 454. The van der Waals surface area contributed by atoms with Crippen molar-refractivity contribution in [2.45, 2.75) is 32.0 Å². The molecule has 2 rings (SSSR count). The van der Waals surface area contributed by atoms with E-state index in [4.69, 9.17) is 5.26 Å². The molecule has 1 aromatic rings. The van der Waals surface area contributed by atoms with Gasteiger partial charge in [0.05, 0.1) is 18.2 Å². The van der Waals surface area contributed by atoms with Crippen molar-refractivity contribution in [3.63, 3.8) is 0 Å². The Balaban J connectivity index is 2.12. The number of rotatable bonds is 3. The second-order valence-electron chi connectivity index (χ2n) is 4.54. The molecule has 1 N–H and O–H groups in total. The maximum Gasteiger partial charge on any atom is 0.238 e. The average Bonchev–Trinajstić information content (AvgIpc) is 2.35. The molecule has 2 heterocycles. The summed E-state index contributed by atoms with van der Waals surface area (Å²) in [6.07, 6.45) is 1.95. The van der Waals surface area contributed by atoms with Crippen LogP contribution in [0.25, 0.3) is 0 Å². The van der Waals surface area contributed by atoms with Crippen LogP contribution in [0.1, 0.15) is 19.0 Å². The van der Waals surface area contributed by atoms with Gasteiger partial charge in [0, 0.05) is 25.3 Å². The second-order valence-corrected chi connectivity index (χ2v) is 4.54. The topological polar surface area (TPSA) is 69.0 Å². The maximum atomic E-state index is 11.9. The molecule has 5 nitrogen and oxygen atoms in total. The van der Waals surface area contributed by atoms with Gasteiger partial charge in [-0.05, 0) is 19.1 Å². The number of piperazine rings is 1. The Labute approximate surface area is 106 Å². The van der Waals surface area contributed by atoms with Crippen LogP contribution in [0.2, 0.25) is 0 Å². The zero-order valence-electron chi connectivity index (χ0n) is 10.3. The minimum Gasteiger partial charge on any atom is -0.351 e. The van der Waals surface area contributed by atoms with Gasteiger partial charge < -0.3 is 5.32 Å². The third-order valence-electron chi connectivity index (χ3n) is 3.02. The molecule has 18 heavy (non-hydrogen) atoms. The van der Waals surface area contributed by atoms with Crippen LogP contribution >= 0.6 is 0 Å². The van der Waals surface area contributed by atoms with Crippen molar-refractivity contribution >= 4 is 5.91 Å². The molecule has 2 unspecified atom stereocenters. The van der Waals surface area contributed by atoms with Gasteiger partial charge >= 0.3 is 0 Å². The van der Waals surface area contributed by atoms with Gasteiger partial charge in [0.2, 0.25) is 5.91 Å². The van der Waals surface area contributed by atoms with E-state index in [-0.39, 0.29) is 24.4 Å². The monoisotopic (exact) mass is 244 g/mol. The minimum atomic E-state index is -0.367. The van der Waals surface area contributed by atoms with E-state index in [1.165, 1.54) is 0 Å². The predicted molar refractivity (Wildman–Crippen MR) is 66.3 cm³/mol. The highest BCUT2D eigenvalue weighted by Crippen LogP contribution is 2.14. The molecular weight excluding hydrogens is 228 g/mol. The molecule has 2 atom stereocenters. The smallest absolute Gasteiger partial charge is 0.238 e. The fraction of sp³-hybridized carbons (Fsp3) is 0.462. The first-order valence-electron chi connectivity index (χ1n) is 6.02. The minimum absolute atomic E-state index is 0.0637. The Hall–Kier alpha value is -1.93. The molecule has 94 valence electrons. The molecule has 0 aromatic carbocycles. The lowest BCUT2D eigenvalue weighted by atomic mass is 10.1. The highest BCUT2D eigenvalue weighted by molar-refractivity contribution is 5.83. The van der Waals surface area contributed by atoms with Crippen molar-refractivity contribution in [3.05, 3.63) is 30.1 Å². The Morgan fingerprint density at radius 3 is 3.11 bits per heavy atom. The zero-order chi connectivity index (χ0) is 13.0. The van der Waals surface area contributed by atoms with Crippen LogP contribution in [0.5, 0.6) is 0 Å². The van der Waals surface area contributed by atoms with Crippen LogP contribution in [0.15, 0.2) is 24.4 Å². The standard InChI is InChI=1S/C13H16N4O/c1-10-8-17(9-11-4-2-3-7-15-11)12(5-6-14)13(18)16-10/h2-4,7,10,12H,5,8-9H2,1H3,(H,16,18). The molecule has 1 aliphatic heterocycles. The lowest BCUT2D eigenvalue weighted by Gasteiger charge is -2.37. The number of nitriles is 1. The van der Waals surface area contributed by atoms with Crippen LogP contribution in [0, 0.1) is 11.3 Å². The number of hydrogen-bond acceptors (Lipinski definition) is 4. The van der Waals surface area contributed by atoms with E-state index in [0.29, 0.717) is 6.54 Å². The first-order valence-corrected chi connectivity index (χ1v) is 6.02. The molecule has 0 aliphatic carbocycles. The van der Waals surface area contributed by atoms with Gasteiger partial charge in [-0.15, -0.1) is 0 Å². The molecule has 0 radical (unpaired) electrons. The lowest BCUT2D eigenvalue weighted by molar-refractivity contribution is -0.130. The molecule has 0 saturated carbocycles. The Kier molecular flexibility index (Phi) is 3.90. The molecule has 1 fully saturated rings. The van der Waals surface area contributed by atoms with Crippen molar-refractivity contribution in [2.24, 2.45) is 0 Å². The van der Waals surface area contributed by atoms with Gasteiger partial charge in [0.1, 0.15) is 6.04 Å². The van der Waals surface area contributed by atoms with Gasteiger partial charge in [-0.3, -0.25) is 14.7 Å². The van der Waals surface area contributed by atoms with Crippen molar-refractivity contribution in [1.82, 2.24) is 15.2 Å². The van der Waals surface area contributed by atoms with E-state index in [9.17, 15) is 4.79 Å². The molecule has 1 amide bonds. The van der Waals surface area contributed by atoms with Crippen molar-refractivity contribution < 1.29 is 4.79 Å². The third-order valence-corrected chi connectivity index (χ3v) is 3.02. The number of carbonyl (C=O) groups is 1. The maximum absolute atomic E-state index is 11.9. The molecular formula is C13H16N4O. The van der Waals surface area contributed by atoms with Gasteiger partial charge in [-0.25, -0.2) is 0 Å². The number of carbonyl (C=O) groups excluding carboxylic acids is 1. The summed E-state index contributed by atoms with van der Waals surface area (Å²) in [5, 5.41) is 11.7. The van der Waals surface area contributed by atoms with Crippen molar-refractivity contribution in [1.29, 1.82) is 5.26 Å². The summed E-state index contributed by atoms with van der Waals surface area (Å²) in [4.78, 5) is 18.2. The first-order chi connectivity index (χ1) is 8.70. The quantitative estimate of drug-likeness (QED) is 0.849. The fourth-order valence-corrected chi connectivity index (χ4v) is 2.21. The van der Waals surface area contributed by atoms with Gasteiger partial charge in [0.15, 0.2) is 0 Å². The van der Waals surface area contributed by atoms with Crippen molar-refractivity contribution in [2.75, 3.05) is 6.54 Å². The normalized spacial score (nSPS) is 24.3. The van der Waals surface area contributed by atoms with E-state index in [2.05, 4.69) is 16.4 Å². The van der Waals surface area contributed by atoms with Crippen LogP contribution in [-0.4, -0.2) is 34.4 Å². The largest absolute Gasteiger partial charge is 0.351 e.